The van der Waals surface area contributed by atoms with Gasteiger partial charge in [0.25, 0.3) is 5.91 Å². The molecule has 156 valence electrons. The molecule has 2 N–H and O–H groups in total. The highest BCUT2D eigenvalue weighted by Gasteiger charge is 2.42. The summed E-state index contributed by atoms with van der Waals surface area (Å²) in [5.41, 5.74) is 2.38. The summed E-state index contributed by atoms with van der Waals surface area (Å²) >= 11 is 0. The molecule has 5 rings (SSSR count). The van der Waals surface area contributed by atoms with Gasteiger partial charge in [-0.05, 0) is 54.5 Å². The normalized spacial score (nSPS) is 26.4. The molecule has 4 atom stereocenters. The van der Waals surface area contributed by atoms with Gasteiger partial charge < -0.3 is 19.4 Å². The Balaban J connectivity index is 1.18. The van der Waals surface area contributed by atoms with Gasteiger partial charge in [0, 0.05) is 37.7 Å². The van der Waals surface area contributed by atoms with E-state index in [0.29, 0.717) is 11.8 Å². The van der Waals surface area contributed by atoms with Gasteiger partial charge >= 0.3 is 0 Å². The first-order valence-corrected chi connectivity index (χ1v) is 10.5. The number of hydrogen-bond acceptors (Lipinski definition) is 5. The third kappa shape index (κ3) is 3.91. The van der Waals surface area contributed by atoms with Crippen LogP contribution in [-0.4, -0.2) is 50.7 Å². The Labute approximate surface area is 175 Å². The number of aliphatic hydroxyl groups is 1. The minimum absolute atomic E-state index is 0.224. The molecule has 3 heterocycles. The second-order valence-electron chi connectivity index (χ2n) is 8.45. The number of rotatable bonds is 5. The van der Waals surface area contributed by atoms with E-state index < -0.39 is 6.10 Å². The van der Waals surface area contributed by atoms with Crippen LogP contribution in [-0.2, 0) is 6.54 Å². The van der Waals surface area contributed by atoms with Gasteiger partial charge in [-0.1, -0.05) is 12.1 Å². The number of furan rings is 1. The maximum Gasteiger partial charge on any atom is 0.287 e. The van der Waals surface area contributed by atoms with E-state index in [2.05, 4.69) is 39.5 Å². The largest absolute Gasteiger partial charge is 0.459 e. The number of fused-ring (bicyclic) bond motifs is 1. The molecule has 1 saturated heterocycles. The van der Waals surface area contributed by atoms with Crippen molar-refractivity contribution in [1.29, 1.82) is 0 Å². The molecule has 0 spiro atoms. The maximum atomic E-state index is 12.3. The van der Waals surface area contributed by atoms with E-state index in [0.717, 1.165) is 38.2 Å². The molecule has 2 aliphatic rings. The third-order valence-electron chi connectivity index (χ3n) is 6.42. The number of carbonyl (C=O) groups is 1. The van der Waals surface area contributed by atoms with E-state index in [9.17, 15) is 9.90 Å². The Morgan fingerprint density at radius 2 is 1.97 bits per heavy atom. The fraction of sp³-hybridized carbons (Fsp3) is 0.391. The maximum absolute atomic E-state index is 12.3. The summed E-state index contributed by atoms with van der Waals surface area (Å²) in [5, 5.41) is 13.5. The number of benzene rings is 1. The minimum Gasteiger partial charge on any atom is -0.459 e. The van der Waals surface area contributed by atoms with Crippen molar-refractivity contribution < 1.29 is 14.3 Å². The Morgan fingerprint density at radius 3 is 2.67 bits per heavy atom. The molecular formula is C23H26N4O3. The van der Waals surface area contributed by atoms with Gasteiger partial charge in [-0.3, -0.25) is 9.69 Å². The lowest BCUT2D eigenvalue weighted by molar-refractivity contribution is 0.0452. The molecule has 3 aromatic rings. The molecule has 1 aliphatic heterocycles. The molecule has 1 aromatic carbocycles. The predicted octanol–water partition coefficient (Wildman–Crippen LogP) is 2.47. The summed E-state index contributed by atoms with van der Waals surface area (Å²) in [6.07, 6.45) is 8.01. The Morgan fingerprint density at radius 1 is 1.17 bits per heavy atom. The monoisotopic (exact) mass is 406 g/mol. The third-order valence-corrected chi connectivity index (χ3v) is 6.42. The van der Waals surface area contributed by atoms with Gasteiger partial charge in [0.1, 0.15) is 0 Å². The van der Waals surface area contributed by atoms with Crippen molar-refractivity contribution in [3.8, 4) is 5.69 Å². The molecule has 0 bridgehead atoms. The molecular weight excluding hydrogens is 380 g/mol. The van der Waals surface area contributed by atoms with Gasteiger partial charge in [-0.2, -0.15) is 0 Å². The summed E-state index contributed by atoms with van der Waals surface area (Å²) in [4.78, 5) is 18.9. The highest BCUT2D eigenvalue weighted by Crippen LogP contribution is 2.37. The van der Waals surface area contributed by atoms with Crippen molar-refractivity contribution >= 4 is 5.91 Å². The molecule has 1 aliphatic carbocycles. The van der Waals surface area contributed by atoms with Gasteiger partial charge in [-0.25, -0.2) is 4.98 Å². The van der Waals surface area contributed by atoms with Crippen molar-refractivity contribution in [1.82, 2.24) is 19.8 Å². The number of hydrogen-bond donors (Lipinski definition) is 2. The van der Waals surface area contributed by atoms with E-state index in [-0.39, 0.29) is 17.7 Å². The summed E-state index contributed by atoms with van der Waals surface area (Å²) in [6, 6.07) is 11.7. The van der Waals surface area contributed by atoms with Crippen LogP contribution in [0, 0.1) is 11.8 Å². The summed E-state index contributed by atoms with van der Waals surface area (Å²) < 4.78 is 7.16. The Kier molecular flexibility index (Phi) is 5.14. The standard InChI is InChI=1S/C23H26N4O3/c28-21-11-18-14-26(12-16-3-5-19(6-4-16)27-8-7-24-15-27)13-17(18)10-20(21)25-23(29)22-2-1-9-30-22/h1-9,15,17-18,20-21,28H,10-14H2,(H,25,29)/t17-,18+,20-,21-/m0/s1. The first-order chi connectivity index (χ1) is 14.7. The van der Waals surface area contributed by atoms with E-state index in [4.69, 9.17) is 4.42 Å². The second kappa shape index (κ2) is 8.08. The molecule has 7 heteroatoms. The zero-order valence-corrected chi connectivity index (χ0v) is 16.7. The van der Waals surface area contributed by atoms with Crippen molar-refractivity contribution in [2.24, 2.45) is 11.8 Å². The smallest absolute Gasteiger partial charge is 0.287 e. The number of imidazole rings is 1. The van der Waals surface area contributed by atoms with Gasteiger partial charge in [0.2, 0.25) is 0 Å². The van der Waals surface area contributed by atoms with Gasteiger partial charge in [-0.15, -0.1) is 0 Å². The highest BCUT2D eigenvalue weighted by atomic mass is 16.3. The number of nitrogens with zero attached hydrogens (tertiary/aromatic N) is 3. The summed E-state index contributed by atoms with van der Waals surface area (Å²) in [6.45, 7) is 2.88. The Hall–Kier alpha value is -2.90. The molecule has 1 saturated carbocycles. The van der Waals surface area contributed by atoms with Crippen molar-refractivity contribution in [3.05, 3.63) is 72.7 Å². The number of likely N-dealkylation sites (tertiary alicyclic amines) is 1. The van der Waals surface area contributed by atoms with Crippen molar-refractivity contribution in [3.63, 3.8) is 0 Å². The average molecular weight is 406 g/mol. The van der Waals surface area contributed by atoms with E-state index in [1.807, 2.05) is 10.8 Å². The fourth-order valence-corrected chi connectivity index (χ4v) is 4.90. The molecule has 1 amide bonds. The molecule has 7 nitrogen and oxygen atoms in total. The molecule has 2 aromatic heterocycles. The predicted molar refractivity (Wildman–Crippen MR) is 111 cm³/mol. The second-order valence-corrected chi connectivity index (χ2v) is 8.45. The van der Waals surface area contributed by atoms with Crippen molar-refractivity contribution in [2.45, 2.75) is 31.5 Å². The molecule has 2 fully saturated rings. The zero-order valence-electron chi connectivity index (χ0n) is 16.7. The summed E-state index contributed by atoms with van der Waals surface area (Å²) in [5.74, 6) is 0.995. The first kappa shape index (κ1) is 19.1. The van der Waals surface area contributed by atoms with Crippen LogP contribution in [0.4, 0.5) is 0 Å². The fourth-order valence-electron chi connectivity index (χ4n) is 4.90. The lowest BCUT2D eigenvalue weighted by atomic mass is 9.77. The number of aromatic nitrogens is 2. The Bertz CT molecular complexity index is 969. The number of carbonyl (C=O) groups excluding carboxylic acids is 1. The minimum atomic E-state index is -0.514. The quantitative estimate of drug-likeness (QED) is 0.680. The van der Waals surface area contributed by atoms with Crippen LogP contribution in [0.5, 0.6) is 0 Å². The SMILES string of the molecule is O=C(N[C@H]1C[C@H]2CN(Cc3ccc(-n4ccnc4)cc3)C[C@H]2C[C@@H]1O)c1ccco1. The van der Waals surface area contributed by atoms with E-state index in [1.54, 1.807) is 24.7 Å². The van der Waals surface area contributed by atoms with Crippen molar-refractivity contribution in [2.75, 3.05) is 13.1 Å². The van der Waals surface area contributed by atoms with Crippen LogP contribution in [0.3, 0.4) is 0 Å². The van der Waals surface area contributed by atoms with Crippen LogP contribution in [0.2, 0.25) is 0 Å². The van der Waals surface area contributed by atoms with Gasteiger partial charge in [0.15, 0.2) is 5.76 Å². The number of nitrogens with one attached hydrogen (secondary N) is 1. The number of amides is 1. The van der Waals surface area contributed by atoms with Crippen LogP contribution in [0.25, 0.3) is 5.69 Å². The molecule has 0 unspecified atom stereocenters. The van der Waals surface area contributed by atoms with E-state index >= 15 is 0 Å². The first-order valence-electron chi connectivity index (χ1n) is 10.5. The zero-order chi connectivity index (χ0) is 20.5. The van der Waals surface area contributed by atoms with E-state index in [1.165, 1.54) is 11.8 Å². The average Bonchev–Trinajstić information content (AvgIpc) is 3.51. The topological polar surface area (TPSA) is 83.5 Å². The van der Waals surface area contributed by atoms with Crippen LogP contribution in [0.15, 0.2) is 65.8 Å². The number of aliphatic hydroxyl groups excluding tert-OH is 1. The molecule has 0 radical (unpaired) electrons. The molecule has 30 heavy (non-hydrogen) atoms. The summed E-state index contributed by atoms with van der Waals surface area (Å²) in [7, 11) is 0. The highest BCUT2D eigenvalue weighted by molar-refractivity contribution is 5.91. The van der Waals surface area contributed by atoms with Crippen LogP contribution >= 0.6 is 0 Å². The van der Waals surface area contributed by atoms with Crippen LogP contribution in [0.1, 0.15) is 29.0 Å². The lowest BCUT2D eigenvalue weighted by Crippen LogP contribution is -2.49. The lowest BCUT2D eigenvalue weighted by Gasteiger charge is -2.35. The van der Waals surface area contributed by atoms with Crippen LogP contribution < -0.4 is 5.32 Å². The van der Waals surface area contributed by atoms with Gasteiger partial charge in [0.05, 0.1) is 24.7 Å².